The summed E-state index contributed by atoms with van der Waals surface area (Å²) in [6.07, 6.45) is 0. The maximum atomic E-state index is 12.6. The molecule has 0 fully saturated rings. The van der Waals surface area contributed by atoms with Crippen LogP contribution in [0.15, 0.2) is 36.4 Å². The summed E-state index contributed by atoms with van der Waals surface area (Å²) in [5, 5.41) is 13.2. The number of rotatable bonds is 4. The monoisotopic (exact) mass is 340 g/mol. The van der Waals surface area contributed by atoms with Crippen LogP contribution in [0.3, 0.4) is 0 Å². The van der Waals surface area contributed by atoms with E-state index in [1.165, 1.54) is 26.4 Å². The highest BCUT2D eigenvalue weighted by Gasteiger charge is 2.17. The lowest BCUT2D eigenvalue weighted by molar-refractivity contribution is 0.102. The highest BCUT2D eigenvalue weighted by Crippen LogP contribution is 2.39. The molecule has 0 aliphatic heterocycles. The third kappa shape index (κ3) is 3.09. The molecule has 0 aliphatic carbocycles. The number of aromatic hydroxyl groups is 1. The van der Waals surface area contributed by atoms with Crippen LogP contribution in [0.4, 0.5) is 11.6 Å². The minimum atomic E-state index is -0.489. The van der Waals surface area contributed by atoms with Crippen LogP contribution >= 0.6 is 0 Å². The number of ether oxygens (including phenoxy) is 2. The van der Waals surface area contributed by atoms with E-state index in [0.29, 0.717) is 16.6 Å². The van der Waals surface area contributed by atoms with Crippen LogP contribution in [0.1, 0.15) is 10.5 Å². The molecule has 0 atom stereocenters. The number of phenols is 1. The van der Waals surface area contributed by atoms with E-state index in [0.717, 1.165) is 0 Å². The van der Waals surface area contributed by atoms with Crippen molar-refractivity contribution in [1.29, 1.82) is 0 Å². The standard InChI is InChI=1S/C17H16N4O4/c1-24-13-8-9(7-12(22)15(13)25-2)19-16(23)14-10-5-3-4-6-11(10)20-17(18)21-14/h3-8,22H,1-2H3,(H,19,23)(H2,18,20,21). The molecule has 0 radical (unpaired) electrons. The molecular weight excluding hydrogens is 324 g/mol. The number of methoxy groups -OCH3 is 2. The predicted molar refractivity (Wildman–Crippen MR) is 93.1 cm³/mol. The summed E-state index contributed by atoms with van der Waals surface area (Å²) in [7, 11) is 2.84. The van der Waals surface area contributed by atoms with Gasteiger partial charge in [0.2, 0.25) is 11.7 Å². The molecule has 0 bridgehead atoms. The number of nitrogens with one attached hydrogen (secondary N) is 1. The van der Waals surface area contributed by atoms with Gasteiger partial charge in [0.25, 0.3) is 5.91 Å². The lowest BCUT2D eigenvalue weighted by atomic mass is 10.1. The second kappa shape index (κ2) is 6.52. The van der Waals surface area contributed by atoms with E-state index in [9.17, 15) is 9.90 Å². The van der Waals surface area contributed by atoms with Crippen molar-refractivity contribution in [2.75, 3.05) is 25.3 Å². The summed E-state index contributed by atoms with van der Waals surface area (Å²) in [6, 6.07) is 9.93. The average Bonchev–Trinajstić information content (AvgIpc) is 2.60. The molecule has 2 aromatic carbocycles. The Bertz CT molecular complexity index is 959. The first kappa shape index (κ1) is 16.3. The number of aromatic nitrogens is 2. The van der Waals surface area contributed by atoms with Crippen molar-refractivity contribution >= 4 is 28.4 Å². The summed E-state index contributed by atoms with van der Waals surface area (Å²) >= 11 is 0. The number of carbonyl (C=O) groups excluding carboxylic acids is 1. The Morgan fingerprint density at radius 1 is 1.16 bits per heavy atom. The second-order valence-electron chi connectivity index (χ2n) is 5.13. The minimum Gasteiger partial charge on any atom is -0.504 e. The van der Waals surface area contributed by atoms with Crippen LogP contribution in [-0.2, 0) is 0 Å². The third-order valence-corrected chi connectivity index (χ3v) is 3.55. The van der Waals surface area contributed by atoms with Gasteiger partial charge < -0.3 is 25.6 Å². The van der Waals surface area contributed by atoms with Gasteiger partial charge in [-0.25, -0.2) is 9.97 Å². The summed E-state index contributed by atoms with van der Waals surface area (Å²) in [5.41, 5.74) is 6.71. The van der Waals surface area contributed by atoms with E-state index >= 15 is 0 Å². The van der Waals surface area contributed by atoms with Crippen molar-refractivity contribution in [1.82, 2.24) is 9.97 Å². The van der Waals surface area contributed by atoms with Gasteiger partial charge in [-0.05, 0) is 6.07 Å². The van der Waals surface area contributed by atoms with Gasteiger partial charge in [0.15, 0.2) is 11.5 Å². The number of anilines is 2. The van der Waals surface area contributed by atoms with E-state index < -0.39 is 5.91 Å². The van der Waals surface area contributed by atoms with Crippen molar-refractivity contribution < 1.29 is 19.4 Å². The first-order chi connectivity index (χ1) is 12.0. The quantitative estimate of drug-likeness (QED) is 0.666. The Labute approximate surface area is 143 Å². The molecule has 0 unspecified atom stereocenters. The first-order valence-electron chi connectivity index (χ1n) is 7.32. The topological polar surface area (TPSA) is 120 Å². The highest BCUT2D eigenvalue weighted by molar-refractivity contribution is 6.11. The van der Waals surface area contributed by atoms with Crippen molar-refractivity contribution in [3.05, 3.63) is 42.1 Å². The highest BCUT2D eigenvalue weighted by atomic mass is 16.5. The second-order valence-corrected chi connectivity index (χ2v) is 5.13. The lowest BCUT2D eigenvalue weighted by Gasteiger charge is -2.13. The van der Waals surface area contributed by atoms with Crippen molar-refractivity contribution in [3.8, 4) is 17.2 Å². The van der Waals surface area contributed by atoms with Gasteiger partial charge in [0.05, 0.1) is 19.7 Å². The first-order valence-corrected chi connectivity index (χ1v) is 7.32. The van der Waals surface area contributed by atoms with Crippen LogP contribution in [0.25, 0.3) is 10.9 Å². The summed E-state index contributed by atoms with van der Waals surface area (Å²) in [6.45, 7) is 0. The molecule has 1 amide bonds. The van der Waals surface area contributed by atoms with Gasteiger partial charge >= 0.3 is 0 Å². The molecule has 0 aliphatic rings. The van der Waals surface area contributed by atoms with Crippen LogP contribution in [0, 0.1) is 0 Å². The number of phenolic OH excluding ortho intramolecular Hbond substituents is 1. The molecule has 1 aromatic heterocycles. The zero-order chi connectivity index (χ0) is 18.0. The van der Waals surface area contributed by atoms with Gasteiger partial charge in [-0.3, -0.25) is 4.79 Å². The van der Waals surface area contributed by atoms with Gasteiger partial charge in [-0.2, -0.15) is 0 Å². The molecule has 25 heavy (non-hydrogen) atoms. The average molecular weight is 340 g/mol. The third-order valence-electron chi connectivity index (χ3n) is 3.55. The Balaban J connectivity index is 2.00. The summed E-state index contributed by atoms with van der Waals surface area (Å²) < 4.78 is 10.2. The molecule has 0 spiro atoms. The van der Waals surface area contributed by atoms with Crippen molar-refractivity contribution in [2.45, 2.75) is 0 Å². The van der Waals surface area contributed by atoms with E-state index in [4.69, 9.17) is 15.2 Å². The van der Waals surface area contributed by atoms with Crippen molar-refractivity contribution in [2.24, 2.45) is 0 Å². The molecule has 4 N–H and O–H groups in total. The van der Waals surface area contributed by atoms with Crippen LogP contribution in [-0.4, -0.2) is 35.2 Å². The number of hydrogen-bond donors (Lipinski definition) is 3. The molecule has 1 heterocycles. The normalized spacial score (nSPS) is 10.5. The number of carbonyl (C=O) groups is 1. The zero-order valence-corrected chi connectivity index (χ0v) is 13.6. The molecule has 0 saturated heterocycles. The Morgan fingerprint density at radius 3 is 2.64 bits per heavy atom. The van der Waals surface area contributed by atoms with E-state index in [2.05, 4.69) is 15.3 Å². The van der Waals surface area contributed by atoms with Gasteiger partial charge in [0, 0.05) is 23.2 Å². The lowest BCUT2D eigenvalue weighted by Crippen LogP contribution is -2.16. The summed E-state index contributed by atoms with van der Waals surface area (Å²) in [4.78, 5) is 20.8. The fourth-order valence-corrected chi connectivity index (χ4v) is 2.47. The number of fused-ring (bicyclic) bond motifs is 1. The number of nitrogens with zero attached hydrogens (tertiary/aromatic N) is 2. The van der Waals surface area contributed by atoms with Gasteiger partial charge in [-0.15, -0.1) is 0 Å². The maximum absolute atomic E-state index is 12.6. The predicted octanol–water partition coefficient (Wildman–Crippen LogP) is 2.19. The molecule has 0 saturated carbocycles. The van der Waals surface area contributed by atoms with E-state index in [1.807, 2.05) is 0 Å². The Hall–Kier alpha value is -3.55. The van der Waals surface area contributed by atoms with Gasteiger partial charge in [0.1, 0.15) is 5.69 Å². The van der Waals surface area contributed by atoms with E-state index in [1.54, 1.807) is 24.3 Å². The Kier molecular flexibility index (Phi) is 4.25. The number of hydrogen-bond acceptors (Lipinski definition) is 7. The van der Waals surface area contributed by atoms with Gasteiger partial charge in [-0.1, -0.05) is 18.2 Å². The Morgan fingerprint density at radius 2 is 1.92 bits per heavy atom. The molecule has 128 valence electrons. The van der Waals surface area contributed by atoms with E-state index in [-0.39, 0.29) is 28.9 Å². The molecule has 3 aromatic rings. The molecule has 8 nitrogen and oxygen atoms in total. The number of para-hydroxylation sites is 1. The number of amides is 1. The maximum Gasteiger partial charge on any atom is 0.275 e. The number of nitrogen functional groups attached to an aromatic ring is 1. The van der Waals surface area contributed by atoms with Crippen LogP contribution < -0.4 is 20.5 Å². The summed E-state index contributed by atoms with van der Waals surface area (Å²) in [5.74, 6) is -0.192. The van der Waals surface area contributed by atoms with Crippen molar-refractivity contribution in [3.63, 3.8) is 0 Å². The molecular formula is C17H16N4O4. The smallest absolute Gasteiger partial charge is 0.275 e. The fraction of sp³-hybridized carbons (Fsp3) is 0.118. The largest absolute Gasteiger partial charge is 0.504 e. The van der Waals surface area contributed by atoms with Crippen LogP contribution in [0.5, 0.6) is 17.2 Å². The zero-order valence-electron chi connectivity index (χ0n) is 13.6. The molecule has 3 rings (SSSR count). The fourth-order valence-electron chi connectivity index (χ4n) is 2.47. The minimum absolute atomic E-state index is 0.000918. The number of nitrogens with two attached hydrogens (primary N) is 1. The molecule has 8 heteroatoms. The SMILES string of the molecule is COc1cc(NC(=O)c2nc(N)nc3ccccc23)cc(O)c1OC. The van der Waals surface area contributed by atoms with Crippen LogP contribution in [0.2, 0.25) is 0 Å². The number of benzene rings is 2.